The Morgan fingerprint density at radius 1 is 1.17 bits per heavy atom. The molecule has 2 saturated heterocycles. The Hall–Kier alpha value is -1.71. The lowest BCUT2D eigenvalue weighted by Gasteiger charge is -2.32. The molecule has 9 heteroatoms. The van der Waals surface area contributed by atoms with E-state index >= 15 is 0 Å². The SMILES string of the molecule is CS(=O)(=O)N1C[C@@H]2C[C@@H]1CN2CCc1ccc(Oc2nc3ccc(Cl)cc3s2)cc1. The average molecular weight is 464 g/mol. The smallest absolute Gasteiger partial charge is 0.279 e. The summed E-state index contributed by atoms with van der Waals surface area (Å²) in [7, 11) is -3.08. The number of aromatic nitrogens is 1. The van der Waals surface area contributed by atoms with E-state index in [0.29, 0.717) is 22.8 Å². The maximum atomic E-state index is 11.8. The zero-order valence-electron chi connectivity index (χ0n) is 16.5. The molecule has 3 aromatic rings. The average Bonchev–Trinajstić information content (AvgIpc) is 3.40. The molecule has 30 heavy (non-hydrogen) atoms. The molecule has 2 atom stereocenters. The van der Waals surface area contributed by atoms with Crippen molar-refractivity contribution in [1.82, 2.24) is 14.2 Å². The summed E-state index contributed by atoms with van der Waals surface area (Å²) in [4.78, 5) is 6.91. The second-order valence-corrected chi connectivity index (χ2v) is 11.3. The van der Waals surface area contributed by atoms with E-state index in [1.54, 1.807) is 4.31 Å². The predicted molar refractivity (Wildman–Crippen MR) is 120 cm³/mol. The number of nitrogens with zero attached hydrogens (tertiary/aromatic N) is 3. The van der Waals surface area contributed by atoms with E-state index in [0.717, 1.165) is 41.9 Å². The molecule has 0 amide bonds. The molecule has 0 aliphatic carbocycles. The van der Waals surface area contributed by atoms with Crippen LogP contribution in [0.4, 0.5) is 0 Å². The zero-order chi connectivity index (χ0) is 20.9. The van der Waals surface area contributed by atoms with Crippen molar-refractivity contribution in [1.29, 1.82) is 0 Å². The van der Waals surface area contributed by atoms with Crippen molar-refractivity contribution in [2.75, 3.05) is 25.9 Å². The molecule has 2 aliphatic heterocycles. The first-order valence-electron chi connectivity index (χ1n) is 9.89. The number of likely N-dealkylation sites (tertiary alicyclic amines) is 1. The van der Waals surface area contributed by atoms with Crippen LogP contribution in [0, 0.1) is 0 Å². The minimum Gasteiger partial charge on any atom is -0.431 e. The van der Waals surface area contributed by atoms with E-state index in [1.165, 1.54) is 23.2 Å². The molecular weight excluding hydrogens is 442 g/mol. The first-order chi connectivity index (χ1) is 14.3. The summed E-state index contributed by atoms with van der Waals surface area (Å²) < 4.78 is 32.2. The summed E-state index contributed by atoms with van der Waals surface area (Å²) in [5.41, 5.74) is 2.12. The number of thiazole rings is 1. The van der Waals surface area contributed by atoms with Gasteiger partial charge in [-0.3, -0.25) is 4.90 Å². The fourth-order valence-electron chi connectivity index (χ4n) is 4.41. The molecule has 0 saturated carbocycles. The Morgan fingerprint density at radius 2 is 1.97 bits per heavy atom. The van der Waals surface area contributed by atoms with Crippen LogP contribution in [0.2, 0.25) is 5.02 Å². The van der Waals surface area contributed by atoms with Gasteiger partial charge < -0.3 is 4.74 Å². The molecule has 2 bridgehead atoms. The van der Waals surface area contributed by atoms with Gasteiger partial charge in [0.15, 0.2) is 0 Å². The number of halogens is 1. The predicted octanol–water partition coefficient (Wildman–Crippen LogP) is 4.00. The van der Waals surface area contributed by atoms with E-state index in [1.807, 2.05) is 30.3 Å². The summed E-state index contributed by atoms with van der Waals surface area (Å²) in [6, 6.07) is 14.2. The molecule has 158 valence electrons. The first kappa shape index (κ1) is 20.2. The van der Waals surface area contributed by atoms with Crippen molar-refractivity contribution in [3.05, 3.63) is 53.1 Å². The van der Waals surface area contributed by atoms with E-state index < -0.39 is 10.0 Å². The molecule has 2 aromatic carbocycles. The van der Waals surface area contributed by atoms with Gasteiger partial charge in [-0.05, 0) is 48.7 Å². The van der Waals surface area contributed by atoms with Gasteiger partial charge in [-0.25, -0.2) is 13.4 Å². The van der Waals surface area contributed by atoms with E-state index in [-0.39, 0.29) is 6.04 Å². The Bertz CT molecular complexity index is 1180. The Balaban J connectivity index is 1.17. The third kappa shape index (κ3) is 4.07. The molecule has 0 N–H and O–H groups in total. The number of sulfonamides is 1. The van der Waals surface area contributed by atoms with Gasteiger partial charge in [0.25, 0.3) is 5.19 Å². The highest BCUT2D eigenvalue weighted by molar-refractivity contribution is 7.88. The van der Waals surface area contributed by atoms with Gasteiger partial charge in [0.1, 0.15) is 5.75 Å². The highest BCUT2D eigenvalue weighted by Gasteiger charge is 2.46. The van der Waals surface area contributed by atoms with Crippen LogP contribution in [0.5, 0.6) is 10.9 Å². The van der Waals surface area contributed by atoms with Crippen LogP contribution in [-0.4, -0.2) is 60.6 Å². The van der Waals surface area contributed by atoms with Gasteiger partial charge in [-0.1, -0.05) is 35.1 Å². The van der Waals surface area contributed by atoms with Gasteiger partial charge in [0.2, 0.25) is 10.0 Å². The van der Waals surface area contributed by atoms with Crippen molar-refractivity contribution in [2.24, 2.45) is 0 Å². The lowest BCUT2D eigenvalue weighted by molar-refractivity contribution is 0.184. The maximum Gasteiger partial charge on any atom is 0.279 e. The van der Waals surface area contributed by atoms with Gasteiger partial charge >= 0.3 is 0 Å². The van der Waals surface area contributed by atoms with Crippen LogP contribution in [0.1, 0.15) is 12.0 Å². The topological polar surface area (TPSA) is 62.7 Å². The highest BCUT2D eigenvalue weighted by atomic mass is 35.5. The summed E-state index contributed by atoms with van der Waals surface area (Å²) in [6.07, 6.45) is 3.19. The number of hydrogen-bond acceptors (Lipinski definition) is 6. The summed E-state index contributed by atoms with van der Waals surface area (Å²) in [5, 5.41) is 1.29. The highest BCUT2D eigenvalue weighted by Crippen LogP contribution is 2.34. The summed E-state index contributed by atoms with van der Waals surface area (Å²) in [5.74, 6) is 0.757. The van der Waals surface area contributed by atoms with Crippen LogP contribution in [0.15, 0.2) is 42.5 Å². The molecule has 2 aliphatic rings. The lowest BCUT2D eigenvalue weighted by Crippen LogP contribution is -2.48. The zero-order valence-corrected chi connectivity index (χ0v) is 18.9. The van der Waals surface area contributed by atoms with Crippen LogP contribution in [0.25, 0.3) is 10.2 Å². The number of rotatable bonds is 6. The first-order valence-corrected chi connectivity index (χ1v) is 12.9. The van der Waals surface area contributed by atoms with Crippen molar-refractivity contribution >= 4 is 43.2 Å². The number of benzene rings is 2. The largest absolute Gasteiger partial charge is 0.431 e. The summed E-state index contributed by atoms with van der Waals surface area (Å²) >= 11 is 7.51. The minimum absolute atomic E-state index is 0.143. The minimum atomic E-state index is -3.08. The normalized spacial score (nSPS) is 22.2. The monoisotopic (exact) mass is 463 g/mol. The number of ether oxygens (including phenoxy) is 1. The van der Waals surface area contributed by atoms with Crippen LogP contribution in [-0.2, 0) is 16.4 Å². The standard InChI is InChI=1S/C21H22ClN3O3S2/c1-30(26,27)25-13-16-11-17(25)12-24(16)9-8-14-2-5-18(6-3-14)28-21-23-19-7-4-15(22)10-20(19)29-21/h2-7,10,16-17H,8-9,11-13H2,1H3/t16-,17+/m0/s1. The van der Waals surface area contributed by atoms with Gasteiger partial charge in [-0.15, -0.1) is 0 Å². The van der Waals surface area contributed by atoms with Crippen molar-refractivity contribution in [2.45, 2.75) is 24.9 Å². The molecule has 2 fully saturated rings. The van der Waals surface area contributed by atoms with Crippen molar-refractivity contribution in [3.63, 3.8) is 0 Å². The van der Waals surface area contributed by atoms with E-state index in [9.17, 15) is 8.42 Å². The molecule has 0 spiro atoms. The Labute approximate surface area is 185 Å². The van der Waals surface area contributed by atoms with Gasteiger partial charge in [-0.2, -0.15) is 4.31 Å². The molecule has 5 rings (SSSR count). The quantitative estimate of drug-likeness (QED) is 0.552. The van der Waals surface area contributed by atoms with Crippen LogP contribution >= 0.6 is 22.9 Å². The summed E-state index contributed by atoms with van der Waals surface area (Å²) in [6.45, 7) is 2.40. The van der Waals surface area contributed by atoms with Crippen LogP contribution in [0.3, 0.4) is 0 Å². The van der Waals surface area contributed by atoms with Crippen LogP contribution < -0.4 is 4.74 Å². The van der Waals surface area contributed by atoms with Gasteiger partial charge in [0, 0.05) is 36.7 Å². The second kappa shape index (κ2) is 7.76. The van der Waals surface area contributed by atoms with E-state index in [2.05, 4.69) is 22.0 Å². The molecule has 6 nitrogen and oxygen atoms in total. The Kier molecular flexibility index (Phi) is 5.23. The van der Waals surface area contributed by atoms with Crippen molar-refractivity contribution < 1.29 is 13.2 Å². The molecule has 1 aromatic heterocycles. The maximum absolute atomic E-state index is 11.8. The molecule has 3 heterocycles. The number of fused-ring (bicyclic) bond motifs is 3. The lowest BCUT2D eigenvalue weighted by atomic mass is 10.1. The fraction of sp³-hybridized carbons (Fsp3) is 0.381. The third-order valence-corrected chi connectivity index (χ3v) is 8.31. The number of hydrogen-bond donors (Lipinski definition) is 0. The molecule has 0 radical (unpaired) electrons. The van der Waals surface area contributed by atoms with E-state index in [4.69, 9.17) is 16.3 Å². The fourth-order valence-corrected chi connectivity index (χ4v) is 6.66. The second-order valence-electron chi connectivity index (χ2n) is 7.96. The van der Waals surface area contributed by atoms with Crippen molar-refractivity contribution in [3.8, 4) is 10.9 Å². The third-order valence-electron chi connectivity index (χ3n) is 5.88. The molecular formula is C21H22ClN3O3S2. The molecule has 0 unspecified atom stereocenters. The van der Waals surface area contributed by atoms with Gasteiger partial charge in [0.05, 0.1) is 16.5 Å². The Morgan fingerprint density at radius 3 is 2.67 bits per heavy atom. The number of piperazine rings is 1.